The summed E-state index contributed by atoms with van der Waals surface area (Å²) in [6, 6.07) is 21.1. The van der Waals surface area contributed by atoms with E-state index in [1.54, 1.807) is 12.3 Å². The Kier molecular flexibility index (Phi) is 7.94. The summed E-state index contributed by atoms with van der Waals surface area (Å²) in [7, 11) is 0.518. The number of anilines is 2. The second-order valence-electron chi connectivity index (χ2n) is 11.1. The standard InChI is InChI=1S/C19H20FN3O2S.C13H17N3/c1-21-11-13-22(14-12-21)18-3-2-4-19-17(18)9-10-23(19)26(24,25)16-7-5-15(20)6-8-16;1-15-7-9-16(10-8-15)13-4-2-3-12-11(13)5-6-14-12/h2-10H,11-14H2,1H3;2-6,14H,7-10H2,1H3. The number of hydrogen-bond acceptors (Lipinski definition) is 6. The number of halogens is 1. The van der Waals surface area contributed by atoms with Gasteiger partial charge in [-0.3, -0.25) is 0 Å². The normalized spacial score (nSPS) is 17.0. The van der Waals surface area contributed by atoms with Gasteiger partial charge in [0.15, 0.2) is 0 Å². The number of likely N-dealkylation sites (N-methyl/N-ethyl adjacent to an activating group) is 2. The Morgan fingerprint density at radius 3 is 1.86 bits per heavy atom. The number of H-pyrrole nitrogens is 1. The fourth-order valence-electron chi connectivity index (χ4n) is 5.77. The van der Waals surface area contributed by atoms with E-state index in [4.69, 9.17) is 0 Å². The first kappa shape index (κ1) is 28.3. The topological polar surface area (TPSA) is 67.8 Å². The van der Waals surface area contributed by atoms with Gasteiger partial charge in [-0.1, -0.05) is 12.1 Å². The molecule has 2 saturated heterocycles. The third kappa shape index (κ3) is 5.62. The highest BCUT2D eigenvalue weighted by Crippen LogP contribution is 2.31. The summed E-state index contributed by atoms with van der Waals surface area (Å²) in [6.07, 6.45) is 3.59. The van der Waals surface area contributed by atoms with Gasteiger partial charge in [-0.2, -0.15) is 0 Å². The monoisotopic (exact) mass is 588 g/mol. The van der Waals surface area contributed by atoms with Crippen LogP contribution in [0, 0.1) is 5.82 Å². The van der Waals surface area contributed by atoms with Gasteiger partial charge in [0.25, 0.3) is 10.0 Å². The number of aromatic amines is 1. The van der Waals surface area contributed by atoms with E-state index in [0.717, 1.165) is 75.6 Å². The molecule has 2 aromatic heterocycles. The lowest BCUT2D eigenvalue weighted by Gasteiger charge is -2.34. The van der Waals surface area contributed by atoms with Gasteiger partial charge in [-0.25, -0.2) is 16.8 Å². The van der Waals surface area contributed by atoms with Gasteiger partial charge >= 0.3 is 0 Å². The first-order valence-electron chi connectivity index (χ1n) is 14.4. The van der Waals surface area contributed by atoms with Crippen molar-refractivity contribution < 1.29 is 12.8 Å². The second-order valence-corrected chi connectivity index (χ2v) is 12.9. The molecule has 0 radical (unpaired) electrons. The predicted octanol–water partition coefficient (Wildman–Crippen LogP) is 4.69. The number of nitrogens with zero attached hydrogens (tertiary/aromatic N) is 5. The Balaban J connectivity index is 0.000000168. The van der Waals surface area contributed by atoms with Crippen LogP contribution in [0.5, 0.6) is 0 Å². The van der Waals surface area contributed by atoms with Crippen LogP contribution < -0.4 is 9.80 Å². The molecule has 220 valence electrons. The van der Waals surface area contributed by atoms with Crippen LogP contribution in [0.1, 0.15) is 0 Å². The molecule has 2 aliphatic rings. The average molecular weight is 589 g/mol. The summed E-state index contributed by atoms with van der Waals surface area (Å²) in [4.78, 5) is 12.8. The van der Waals surface area contributed by atoms with Crippen LogP contribution in [-0.2, 0) is 10.0 Å². The smallest absolute Gasteiger partial charge is 0.268 e. The summed E-state index contributed by atoms with van der Waals surface area (Å²) in [5.41, 5.74) is 4.28. The van der Waals surface area contributed by atoms with Crippen LogP contribution in [0.4, 0.5) is 15.8 Å². The number of nitrogens with one attached hydrogen (secondary N) is 1. The Morgan fingerprint density at radius 2 is 1.24 bits per heavy atom. The number of benzene rings is 3. The first-order valence-corrected chi connectivity index (χ1v) is 15.8. The Labute approximate surface area is 246 Å². The van der Waals surface area contributed by atoms with Gasteiger partial charge < -0.3 is 24.6 Å². The van der Waals surface area contributed by atoms with Gasteiger partial charge in [0.1, 0.15) is 5.82 Å². The highest BCUT2D eigenvalue weighted by atomic mass is 32.2. The van der Waals surface area contributed by atoms with Gasteiger partial charge in [-0.05, 0) is 74.8 Å². The van der Waals surface area contributed by atoms with E-state index in [1.807, 2.05) is 24.4 Å². The third-order valence-corrected chi connectivity index (χ3v) is 10.0. The molecule has 0 atom stereocenters. The minimum atomic E-state index is -3.77. The summed E-state index contributed by atoms with van der Waals surface area (Å²) >= 11 is 0. The molecular weight excluding hydrogens is 551 g/mol. The van der Waals surface area contributed by atoms with Crippen LogP contribution in [-0.4, -0.2) is 93.6 Å². The van der Waals surface area contributed by atoms with Crippen molar-refractivity contribution in [3.8, 4) is 0 Å². The van der Waals surface area contributed by atoms with Crippen molar-refractivity contribution in [1.29, 1.82) is 0 Å². The maximum Gasteiger partial charge on any atom is 0.268 e. The molecule has 8 nitrogen and oxygen atoms in total. The van der Waals surface area contributed by atoms with Crippen LogP contribution >= 0.6 is 0 Å². The van der Waals surface area contributed by atoms with Crippen molar-refractivity contribution in [3.63, 3.8) is 0 Å². The number of aromatic nitrogens is 2. The largest absolute Gasteiger partial charge is 0.368 e. The van der Waals surface area contributed by atoms with Gasteiger partial charge in [0.05, 0.1) is 10.4 Å². The summed E-state index contributed by atoms with van der Waals surface area (Å²) < 4.78 is 40.4. The molecule has 0 aliphatic carbocycles. The molecular formula is C32H37FN6O2S. The van der Waals surface area contributed by atoms with Crippen molar-refractivity contribution in [3.05, 3.63) is 91.0 Å². The lowest BCUT2D eigenvalue weighted by molar-refractivity contribution is 0.313. The second kappa shape index (κ2) is 11.8. The van der Waals surface area contributed by atoms with E-state index in [-0.39, 0.29) is 4.90 Å². The molecule has 1 N–H and O–H groups in total. The van der Waals surface area contributed by atoms with Crippen LogP contribution in [0.2, 0.25) is 0 Å². The minimum Gasteiger partial charge on any atom is -0.368 e. The molecule has 2 fully saturated rings. The summed E-state index contributed by atoms with van der Waals surface area (Å²) in [5, 5.41) is 2.25. The molecule has 0 saturated carbocycles. The van der Waals surface area contributed by atoms with Crippen LogP contribution in [0.3, 0.4) is 0 Å². The third-order valence-electron chi connectivity index (χ3n) is 8.30. The molecule has 42 heavy (non-hydrogen) atoms. The van der Waals surface area contributed by atoms with Crippen molar-refractivity contribution >= 4 is 43.2 Å². The van der Waals surface area contributed by atoms with E-state index >= 15 is 0 Å². The highest BCUT2D eigenvalue weighted by molar-refractivity contribution is 7.90. The molecule has 0 amide bonds. The molecule has 5 aromatic rings. The molecule has 2 aliphatic heterocycles. The molecule has 0 spiro atoms. The predicted molar refractivity (Wildman–Crippen MR) is 169 cm³/mol. The fourth-order valence-corrected chi connectivity index (χ4v) is 7.12. The number of rotatable bonds is 4. The maximum atomic E-state index is 13.1. The first-order chi connectivity index (χ1) is 20.3. The van der Waals surface area contributed by atoms with Crippen molar-refractivity contribution in [2.45, 2.75) is 4.90 Å². The Morgan fingerprint density at radius 1 is 0.667 bits per heavy atom. The Bertz CT molecular complexity index is 1770. The highest BCUT2D eigenvalue weighted by Gasteiger charge is 2.22. The molecule has 7 rings (SSSR count). The van der Waals surface area contributed by atoms with Crippen LogP contribution in [0.25, 0.3) is 21.8 Å². The number of fused-ring (bicyclic) bond motifs is 2. The minimum absolute atomic E-state index is 0.0707. The van der Waals surface area contributed by atoms with Crippen molar-refractivity contribution in [1.82, 2.24) is 18.8 Å². The molecule has 0 unspecified atom stereocenters. The number of piperazine rings is 2. The molecule has 10 heteroatoms. The molecule has 4 heterocycles. The molecule has 3 aromatic carbocycles. The van der Waals surface area contributed by atoms with Gasteiger partial charge in [0.2, 0.25) is 0 Å². The zero-order valence-corrected chi connectivity index (χ0v) is 24.9. The average Bonchev–Trinajstić information content (AvgIpc) is 3.67. The lowest BCUT2D eigenvalue weighted by Crippen LogP contribution is -2.44. The lowest BCUT2D eigenvalue weighted by atomic mass is 10.2. The zero-order chi connectivity index (χ0) is 29.3. The van der Waals surface area contributed by atoms with Crippen molar-refractivity contribution in [2.75, 3.05) is 76.3 Å². The van der Waals surface area contributed by atoms with E-state index in [9.17, 15) is 12.8 Å². The van der Waals surface area contributed by atoms with Crippen LogP contribution in [0.15, 0.2) is 90.1 Å². The van der Waals surface area contributed by atoms with Gasteiger partial charge in [-0.15, -0.1) is 0 Å². The fraction of sp³-hybridized carbons (Fsp3) is 0.312. The molecule has 0 bridgehead atoms. The van der Waals surface area contributed by atoms with E-state index < -0.39 is 15.8 Å². The zero-order valence-electron chi connectivity index (χ0n) is 24.1. The quantitative estimate of drug-likeness (QED) is 0.329. The van der Waals surface area contributed by atoms with Crippen molar-refractivity contribution in [2.24, 2.45) is 0 Å². The van der Waals surface area contributed by atoms with E-state index in [2.05, 4.69) is 62.9 Å². The maximum absolute atomic E-state index is 13.1. The Hall–Kier alpha value is -3.86. The van der Waals surface area contributed by atoms with E-state index in [0.29, 0.717) is 5.52 Å². The van der Waals surface area contributed by atoms with Gasteiger partial charge in [0, 0.05) is 92.4 Å². The summed E-state index contributed by atoms with van der Waals surface area (Å²) in [5.74, 6) is -0.460. The SMILES string of the molecule is CN1CCN(c2cccc3[nH]ccc23)CC1.CN1CCN(c2cccc3c2ccn3S(=O)(=O)c2ccc(F)cc2)CC1. The number of hydrogen-bond donors (Lipinski definition) is 1. The van der Waals surface area contributed by atoms with E-state index in [1.165, 1.54) is 32.7 Å². The summed E-state index contributed by atoms with van der Waals surface area (Å²) in [6.45, 7) is 8.33.